The second-order valence-corrected chi connectivity index (χ2v) is 11.7. The van der Waals surface area contributed by atoms with E-state index in [1.165, 1.54) is 36.0 Å². The Bertz CT molecular complexity index is 1560. The lowest BCUT2D eigenvalue weighted by Crippen LogP contribution is -2.71. The van der Waals surface area contributed by atoms with Gasteiger partial charge in [-0.3, -0.25) is 28.6 Å². The molecule has 2 aromatic rings. The predicted octanol–water partition coefficient (Wildman–Crippen LogP) is -0.769. The summed E-state index contributed by atoms with van der Waals surface area (Å²) in [6, 6.07) is -1.03. The van der Waals surface area contributed by atoms with Gasteiger partial charge in [0.2, 0.25) is 0 Å². The number of H-pyrrole nitrogens is 1. The number of oxime groups is 1. The molecule has 2 amide bonds. The highest BCUT2D eigenvalue weighted by Gasteiger charge is 2.54. The second kappa shape index (κ2) is 12.3. The topological polar surface area (TPSA) is 215 Å². The van der Waals surface area contributed by atoms with Gasteiger partial charge >= 0.3 is 17.1 Å². The number of anilines is 1. The van der Waals surface area contributed by atoms with Crippen molar-refractivity contribution < 1.29 is 24.3 Å². The van der Waals surface area contributed by atoms with Gasteiger partial charge in [0.1, 0.15) is 29.9 Å². The number of carbonyl (C=O) groups excluding carboxylic acids is 2. The number of nitrogens with one attached hydrogen (secondary N) is 2. The highest BCUT2D eigenvalue weighted by atomic mass is 32.2. The summed E-state index contributed by atoms with van der Waals surface area (Å²) in [5.41, 5.74) is 3.96. The van der Waals surface area contributed by atoms with Gasteiger partial charge in [0.25, 0.3) is 11.8 Å². The van der Waals surface area contributed by atoms with Gasteiger partial charge in [-0.2, -0.15) is 16.9 Å². The van der Waals surface area contributed by atoms with Crippen LogP contribution in [0.5, 0.6) is 0 Å². The maximum atomic E-state index is 13.1. The van der Waals surface area contributed by atoms with Gasteiger partial charge in [-0.1, -0.05) is 17.4 Å². The zero-order valence-electron chi connectivity index (χ0n) is 20.9. The van der Waals surface area contributed by atoms with Crippen LogP contribution in [0.4, 0.5) is 5.13 Å². The number of thiazole rings is 1. The van der Waals surface area contributed by atoms with Crippen molar-refractivity contribution in [3.63, 3.8) is 0 Å². The van der Waals surface area contributed by atoms with Gasteiger partial charge in [0.15, 0.2) is 16.7 Å². The number of amides is 2. The van der Waals surface area contributed by atoms with Gasteiger partial charge < -0.3 is 21.0 Å². The third-order valence-corrected chi connectivity index (χ3v) is 8.73. The minimum Gasteiger partial charge on any atom is -0.477 e. The van der Waals surface area contributed by atoms with Crippen LogP contribution >= 0.6 is 47.1 Å². The number of β-lactam (4-membered cyclic amide) rings is 1. The molecule has 1 saturated heterocycles. The Morgan fingerprint density at radius 1 is 1.40 bits per heavy atom. The van der Waals surface area contributed by atoms with Crippen molar-refractivity contribution in [2.24, 2.45) is 5.16 Å². The molecule has 0 aliphatic carbocycles. The van der Waals surface area contributed by atoms with Crippen molar-refractivity contribution in [2.75, 3.05) is 30.6 Å². The molecule has 19 heteroatoms. The summed E-state index contributed by atoms with van der Waals surface area (Å²) in [4.78, 5) is 72.5. The van der Waals surface area contributed by atoms with E-state index in [1.54, 1.807) is 0 Å². The molecule has 2 aromatic heterocycles. The third kappa shape index (κ3) is 5.67. The van der Waals surface area contributed by atoms with Crippen LogP contribution in [0.25, 0.3) is 0 Å². The number of carboxylic acids is 1. The Balaban J connectivity index is 1.56. The van der Waals surface area contributed by atoms with E-state index in [-0.39, 0.29) is 51.6 Å². The first kappa shape index (κ1) is 29.4. The molecule has 5 N–H and O–H groups in total. The number of hydrogen-bond acceptors (Lipinski definition) is 14. The molecule has 0 bridgehead atoms. The van der Waals surface area contributed by atoms with E-state index < -0.39 is 40.3 Å². The van der Waals surface area contributed by atoms with E-state index in [4.69, 9.17) is 22.8 Å². The molecule has 0 aromatic carbocycles. The molecule has 2 aliphatic rings. The summed E-state index contributed by atoms with van der Waals surface area (Å²) >= 11 is 9.28. The van der Waals surface area contributed by atoms with E-state index in [0.717, 1.165) is 20.8 Å². The summed E-state index contributed by atoms with van der Waals surface area (Å²) in [5.74, 6) is -2.00. The fourth-order valence-corrected chi connectivity index (χ4v) is 6.62. The number of carboxylic acid groups (broad SMARTS) is 1. The number of nitrogens with two attached hydrogens (primary N) is 1. The highest BCUT2D eigenvalue weighted by molar-refractivity contribution is 8.00. The SMILES string of the molecule is CON=C(C(=O)NC1C(=O)N2C(C(=O)O)=C(CC(=S)c3n[nH]c(=O)c(=O)n3CCSC)CSC12)c1csc(N)n1. The molecule has 1 fully saturated rings. The maximum absolute atomic E-state index is 13.1. The average molecular weight is 627 g/mol. The number of aromatic nitrogens is 4. The summed E-state index contributed by atoms with van der Waals surface area (Å²) < 4.78 is 1.16. The number of thiocarbonyl (C=S) groups is 1. The van der Waals surface area contributed by atoms with Crippen LogP contribution in [0.15, 0.2) is 31.4 Å². The molecule has 4 rings (SSSR count). The first-order valence-electron chi connectivity index (χ1n) is 11.3. The van der Waals surface area contributed by atoms with Crippen LogP contribution in [0.2, 0.25) is 0 Å². The number of hydrogen-bond donors (Lipinski definition) is 4. The van der Waals surface area contributed by atoms with Gasteiger partial charge in [-0.25, -0.2) is 14.9 Å². The monoisotopic (exact) mass is 626 g/mol. The Kier molecular flexibility index (Phi) is 9.06. The van der Waals surface area contributed by atoms with E-state index in [0.29, 0.717) is 11.3 Å². The first-order valence-corrected chi connectivity index (χ1v) is 15.1. The van der Waals surface area contributed by atoms with Crippen molar-refractivity contribution in [1.82, 2.24) is 30.0 Å². The van der Waals surface area contributed by atoms with E-state index in [2.05, 4.69) is 25.7 Å². The molecule has 2 atom stereocenters. The smallest absolute Gasteiger partial charge is 0.352 e. The van der Waals surface area contributed by atoms with Crippen LogP contribution in [0.1, 0.15) is 17.9 Å². The average Bonchev–Trinajstić information content (AvgIpc) is 3.35. The Morgan fingerprint density at radius 3 is 2.77 bits per heavy atom. The number of nitrogen functional groups attached to an aromatic ring is 1. The van der Waals surface area contributed by atoms with Crippen molar-refractivity contribution in [2.45, 2.75) is 24.4 Å². The highest BCUT2D eigenvalue weighted by Crippen LogP contribution is 2.41. The van der Waals surface area contributed by atoms with Crippen LogP contribution in [0, 0.1) is 0 Å². The third-order valence-electron chi connectivity index (χ3n) is 5.80. The van der Waals surface area contributed by atoms with E-state index >= 15 is 0 Å². The largest absolute Gasteiger partial charge is 0.477 e. The van der Waals surface area contributed by atoms with Gasteiger partial charge in [-0.15, -0.1) is 23.1 Å². The van der Waals surface area contributed by atoms with Crippen molar-refractivity contribution in [3.05, 3.63) is 48.9 Å². The minimum atomic E-state index is -1.35. The standard InChI is InChI=1S/C21H22N8O7S4/c1-36-27-11(9-7-40-21(22)23-9)15(30)24-12-17(32)29-13(20(34)35)8(6-39-19(12)29)5-10(37)14-25-26-16(31)18(33)28(14)3-4-38-2/h7,12,19H,3-6H2,1-2H3,(H2,22,23)(H,24,30)(H,26,31)(H,34,35). The molecule has 2 aliphatic heterocycles. The molecule has 0 radical (unpaired) electrons. The number of rotatable bonds is 11. The van der Waals surface area contributed by atoms with E-state index in [1.807, 2.05) is 6.26 Å². The van der Waals surface area contributed by atoms with Crippen molar-refractivity contribution in [3.8, 4) is 0 Å². The normalized spacial score (nSPS) is 18.7. The van der Waals surface area contributed by atoms with Gasteiger partial charge in [0.05, 0.1) is 4.86 Å². The van der Waals surface area contributed by atoms with Gasteiger partial charge in [-0.05, 0) is 11.8 Å². The molecule has 4 heterocycles. The van der Waals surface area contributed by atoms with Crippen LogP contribution < -0.4 is 22.2 Å². The number of nitrogens with zero attached hydrogens (tertiary/aromatic N) is 5. The number of fused-ring (bicyclic) bond motifs is 1. The summed E-state index contributed by atoms with van der Waals surface area (Å²) in [5, 5.41) is 23.3. The molecular formula is C21H22N8O7S4. The lowest BCUT2D eigenvalue weighted by molar-refractivity contribution is -0.150. The maximum Gasteiger partial charge on any atom is 0.352 e. The van der Waals surface area contributed by atoms with Gasteiger partial charge in [0, 0.05) is 29.9 Å². The Labute approximate surface area is 243 Å². The summed E-state index contributed by atoms with van der Waals surface area (Å²) in [6.45, 7) is 0.182. The molecule has 212 valence electrons. The van der Waals surface area contributed by atoms with Crippen LogP contribution in [0.3, 0.4) is 0 Å². The molecule has 40 heavy (non-hydrogen) atoms. The number of aromatic amines is 1. The summed E-state index contributed by atoms with van der Waals surface area (Å²) in [6.07, 6.45) is 1.74. The molecular weight excluding hydrogens is 605 g/mol. The number of aliphatic carboxylic acids is 1. The first-order chi connectivity index (χ1) is 19.1. The fourth-order valence-electron chi connectivity index (χ4n) is 4.03. The number of carbonyl (C=O) groups is 3. The summed E-state index contributed by atoms with van der Waals surface area (Å²) in [7, 11) is 1.25. The van der Waals surface area contributed by atoms with Crippen molar-refractivity contribution >= 4 is 80.6 Å². The predicted molar refractivity (Wildman–Crippen MR) is 154 cm³/mol. The van der Waals surface area contributed by atoms with E-state index in [9.17, 15) is 29.1 Å². The molecule has 15 nitrogen and oxygen atoms in total. The Morgan fingerprint density at radius 2 is 2.15 bits per heavy atom. The lowest BCUT2D eigenvalue weighted by Gasteiger charge is -2.49. The zero-order chi connectivity index (χ0) is 29.1. The van der Waals surface area contributed by atoms with Crippen molar-refractivity contribution in [1.29, 1.82) is 0 Å². The fraction of sp³-hybridized carbons (Fsp3) is 0.381. The zero-order valence-corrected chi connectivity index (χ0v) is 24.2. The second-order valence-electron chi connectivity index (χ2n) is 8.24. The van der Waals surface area contributed by atoms with Crippen LogP contribution in [-0.4, -0.2) is 94.4 Å². The molecule has 0 spiro atoms. The molecule has 0 saturated carbocycles. The minimum absolute atomic E-state index is 0.0470. The quantitative estimate of drug-likeness (QED) is 0.0603. The van der Waals surface area contributed by atoms with Crippen LogP contribution in [-0.2, 0) is 25.8 Å². The Hall–Kier alpha value is -3.55. The lowest BCUT2D eigenvalue weighted by atomic mass is 10.00. The molecule has 2 unspecified atom stereocenters. The number of thioether (sulfide) groups is 2.